The molecule has 0 spiro atoms. The van der Waals surface area contributed by atoms with E-state index in [9.17, 15) is 0 Å². The minimum absolute atomic E-state index is 0.182. The molecule has 3 N–H and O–H groups in total. The van der Waals surface area contributed by atoms with Crippen LogP contribution in [0.4, 0.5) is 6.01 Å². The highest BCUT2D eigenvalue weighted by Gasteiger charge is 2.36. The predicted octanol–water partition coefficient (Wildman–Crippen LogP) is 1.83. The van der Waals surface area contributed by atoms with Crippen LogP contribution in [0.25, 0.3) is 0 Å². The molecule has 5 heteroatoms. The second-order valence-electron chi connectivity index (χ2n) is 4.35. The smallest absolute Gasteiger partial charge is 0.315 e. The molecule has 1 saturated carbocycles. The van der Waals surface area contributed by atoms with Gasteiger partial charge >= 0.3 is 6.01 Å². The van der Waals surface area contributed by atoms with Crippen LogP contribution in [0.3, 0.4) is 0 Å². The summed E-state index contributed by atoms with van der Waals surface area (Å²) < 4.78 is 5.42. The van der Waals surface area contributed by atoms with Gasteiger partial charge in [0.1, 0.15) is 0 Å². The first-order valence-electron chi connectivity index (χ1n) is 5.52. The zero-order chi connectivity index (χ0) is 10.9. The van der Waals surface area contributed by atoms with Crippen LogP contribution in [-0.2, 0) is 0 Å². The summed E-state index contributed by atoms with van der Waals surface area (Å²) in [7, 11) is 0. The zero-order valence-corrected chi connectivity index (χ0v) is 9.29. The summed E-state index contributed by atoms with van der Waals surface area (Å²) in [5.41, 5.74) is 5.83. The Morgan fingerprint density at radius 2 is 2.27 bits per heavy atom. The van der Waals surface area contributed by atoms with Crippen molar-refractivity contribution < 1.29 is 4.42 Å². The van der Waals surface area contributed by atoms with Crippen LogP contribution in [-0.4, -0.2) is 15.7 Å². The maximum Gasteiger partial charge on any atom is 0.315 e. The van der Waals surface area contributed by atoms with Crippen LogP contribution in [0.1, 0.15) is 51.5 Å². The van der Waals surface area contributed by atoms with Crippen molar-refractivity contribution in [3.8, 4) is 0 Å². The Hall–Kier alpha value is -1.10. The molecule has 1 aromatic rings. The van der Waals surface area contributed by atoms with E-state index in [0.717, 1.165) is 6.42 Å². The standard InChI is InChI=1S/C10H18N4O/c1-3-10(5-4-6-10)12-9-14-13-8(15-9)7(2)11/h7H,3-6,11H2,1-2H3,(H,12,14). The van der Waals surface area contributed by atoms with E-state index in [2.05, 4.69) is 22.4 Å². The molecule has 5 nitrogen and oxygen atoms in total. The molecule has 1 aromatic heterocycles. The molecule has 1 heterocycles. The van der Waals surface area contributed by atoms with Gasteiger partial charge in [-0.1, -0.05) is 12.0 Å². The average Bonchev–Trinajstić information content (AvgIpc) is 2.59. The Kier molecular flexibility index (Phi) is 2.65. The molecule has 1 fully saturated rings. The van der Waals surface area contributed by atoms with Crippen molar-refractivity contribution in [2.75, 3.05) is 5.32 Å². The summed E-state index contributed by atoms with van der Waals surface area (Å²) in [5, 5.41) is 11.2. The topological polar surface area (TPSA) is 77.0 Å². The van der Waals surface area contributed by atoms with Crippen molar-refractivity contribution in [1.82, 2.24) is 10.2 Å². The van der Waals surface area contributed by atoms with Gasteiger partial charge in [0.05, 0.1) is 6.04 Å². The number of nitrogens with one attached hydrogen (secondary N) is 1. The molecule has 1 aliphatic rings. The second-order valence-corrected chi connectivity index (χ2v) is 4.35. The van der Waals surface area contributed by atoms with E-state index in [4.69, 9.17) is 10.2 Å². The molecule has 1 aliphatic carbocycles. The van der Waals surface area contributed by atoms with Crippen LogP contribution in [0.15, 0.2) is 4.42 Å². The van der Waals surface area contributed by atoms with Gasteiger partial charge in [0.15, 0.2) is 0 Å². The maximum absolute atomic E-state index is 5.65. The molecular weight excluding hydrogens is 192 g/mol. The molecule has 2 rings (SSSR count). The van der Waals surface area contributed by atoms with E-state index in [0.29, 0.717) is 11.9 Å². The largest absolute Gasteiger partial charge is 0.406 e. The van der Waals surface area contributed by atoms with Crippen molar-refractivity contribution in [2.24, 2.45) is 5.73 Å². The molecule has 0 saturated heterocycles. The molecule has 0 bridgehead atoms. The monoisotopic (exact) mass is 210 g/mol. The summed E-state index contributed by atoms with van der Waals surface area (Å²) >= 11 is 0. The highest BCUT2D eigenvalue weighted by Crippen LogP contribution is 2.37. The average molecular weight is 210 g/mol. The highest BCUT2D eigenvalue weighted by molar-refractivity contribution is 5.26. The summed E-state index contributed by atoms with van der Waals surface area (Å²) in [5.74, 6) is 0.489. The van der Waals surface area contributed by atoms with E-state index >= 15 is 0 Å². The lowest BCUT2D eigenvalue weighted by Crippen LogP contribution is -2.44. The number of nitrogens with zero attached hydrogens (tertiary/aromatic N) is 2. The third-order valence-electron chi connectivity index (χ3n) is 3.19. The van der Waals surface area contributed by atoms with E-state index < -0.39 is 0 Å². The van der Waals surface area contributed by atoms with Gasteiger partial charge in [0, 0.05) is 5.54 Å². The lowest BCUT2D eigenvalue weighted by molar-refractivity contribution is 0.261. The fourth-order valence-corrected chi connectivity index (χ4v) is 1.87. The lowest BCUT2D eigenvalue weighted by Gasteiger charge is -2.41. The number of aromatic nitrogens is 2. The Bertz CT molecular complexity index is 324. The molecule has 84 valence electrons. The minimum Gasteiger partial charge on any atom is -0.406 e. The molecule has 1 unspecified atom stereocenters. The summed E-state index contributed by atoms with van der Waals surface area (Å²) in [6.07, 6.45) is 4.72. The first-order valence-corrected chi connectivity index (χ1v) is 5.52. The lowest BCUT2D eigenvalue weighted by atomic mass is 9.75. The molecule has 1 atom stereocenters. The van der Waals surface area contributed by atoms with E-state index in [1.807, 2.05) is 6.92 Å². The molecular formula is C10H18N4O. The normalized spacial score (nSPS) is 20.7. The molecule has 0 radical (unpaired) electrons. The van der Waals surface area contributed by atoms with Crippen molar-refractivity contribution in [3.63, 3.8) is 0 Å². The first kappa shape index (κ1) is 10.4. The van der Waals surface area contributed by atoms with Crippen molar-refractivity contribution in [3.05, 3.63) is 5.89 Å². The quantitative estimate of drug-likeness (QED) is 0.792. The van der Waals surface area contributed by atoms with Gasteiger partial charge in [-0.3, -0.25) is 0 Å². The van der Waals surface area contributed by atoms with Gasteiger partial charge in [-0.05, 0) is 32.6 Å². The van der Waals surface area contributed by atoms with Crippen LogP contribution < -0.4 is 11.1 Å². The van der Waals surface area contributed by atoms with Crippen LogP contribution in [0, 0.1) is 0 Å². The Morgan fingerprint density at radius 1 is 1.53 bits per heavy atom. The van der Waals surface area contributed by atoms with Crippen molar-refractivity contribution in [1.29, 1.82) is 0 Å². The zero-order valence-electron chi connectivity index (χ0n) is 9.29. The molecule has 0 amide bonds. The second kappa shape index (κ2) is 3.81. The Morgan fingerprint density at radius 3 is 2.67 bits per heavy atom. The number of rotatable bonds is 4. The molecule has 15 heavy (non-hydrogen) atoms. The van der Waals surface area contributed by atoms with Gasteiger partial charge in [0.2, 0.25) is 5.89 Å². The SMILES string of the molecule is CCC1(Nc2nnc(C(C)N)o2)CCC1. The first-order chi connectivity index (χ1) is 7.15. The van der Waals surface area contributed by atoms with Gasteiger partial charge in [-0.2, -0.15) is 0 Å². The number of nitrogens with two attached hydrogens (primary N) is 1. The third-order valence-corrected chi connectivity index (χ3v) is 3.19. The van der Waals surface area contributed by atoms with E-state index in [-0.39, 0.29) is 11.6 Å². The van der Waals surface area contributed by atoms with Crippen LogP contribution >= 0.6 is 0 Å². The third kappa shape index (κ3) is 1.97. The van der Waals surface area contributed by atoms with Gasteiger partial charge in [0.25, 0.3) is 0 Å². The van der Waals surface area contributed by atoms with E-state index in [1.54, 1.807) is 0 Å². The summed E-state index contributed by atoms with van der Waals surface area (Å²) in [4.78, 5) is 0. The highest BCUT2D eigenvalue weighted by atomic mass is 16.4. The Labute approximate surface area is 89.4 Å². The van der Waals surface area contributed by atoms with E-state index in [1.165, 1.54) is 19.3 Å². The molecule has 0 aliphatic heterocycles. The molecule has 0 aromatic carbocycles. The van der Waals surface area contributed by atoms with Crippen molar-refractivity contribution in [2.45, 2.75) is 51.1 Å². The summed E-state index contributed by atoms with van der Waals surface area (Å²) in [6.45, 7) is 4.01. The number of hydrogen-bond donors (Lipinski definition) is 2. The van der Waals surface area contributed by atoms with Gasteiger partial charge < -0.3 is 15.5 Å². The minimum atomic E-state index is -0.202. The number of hydrogen-bond acceptors (Lipinski definition) is 5. The van der Waals surface area contributed by atoms with Crippen molar-refractivity contribution >= 4 is 6.01 Å². The number of anilines is 1. The summed E-state index contributed by atoms with van der Waals surface area (Å²) in [6, 6.07) is 0.302. The van der Waals surface area contributed by atoms with Crippen LogP contribution in [0.5, 0.6) is 0 Å². The van der Waals surface area contributed by atoms with Gasteiger partial charge in [-0.15, -0.1) is 5.10 Å². The van der Waals surface area contributed by atoms with Crippen LogP contribution in [0.2, 0.25) is 0 Å². The predicted molar refractivity (Wildman–Crippen MR) is 57.4 cm³/mol. The fraction of sp³-hybridized carbons (Fsp3) is 0.800. The van der Waals surface area contributed by atoms with Gasteiger partial charge in [-0.25, -0.2) is 0 Å². The fourth-order valence-electron chi connectivity index (χ4n) is 1.87. The maximum atomic E-state index is 5.65. The Balaban J connectivity index is 2.04.